The Morgan fingerprint density at radius 3 is 1.48 bits per heavy atom. The molecule has 10 aromatic rings. The van der Waals surface area contributed by atoms with Gasteiger partial charge in [0.15, 0.2) is 11.6 Å². The Hall–Kier alpha value is -6.85. The van der Waals surface area contributed by atoms with Crippen molar-refractivity contribution in [3.8, 4) is 51.0 Å². The zero-order valence-electron chi connectivity index (χ0n) is 26.9. The van der Waals surface area contributed by atoms with Crippen molar-refractivity contribution in [2.24, 2.45) is 0 Å². The van der Waals surface area contributed by atoms with E-state index >= 15 is 0 Å². The van der Waals surface area contributed by atoms with E-state index in [0.29, 0.717) is 17.6 Å². The highest BCUT2D eigenvalue weighted by atomic mass is 16.3. The molecule has 10 rings (SSSR count). The Kier molecular flexibility index (Phi) is 6.42. The van der Waals surface area contributed by atoms with Gasteiger partial charge in [-0.15, -0.1) is 0 Å². The van der Waals surface area contributed by atoms with Crippen molar-refractivity contribution < 1.29 is 4.42 Å². The van der Waals surface area contributed by atoms with Gasteiger partial charge in [-0.2, -0.15) is 9.97 Å². The number of aromatic nitrogens is 4. The summed E-state index contributed by atoms with van der Waals surface area (Å²) < 4.78 is 8.94. The molecule has 3 aromatic heterocycles. The molecule has 0 amide bonds. The van der Waals surface area contributed by atoms with Crippen LogP contribution in [-0.2, 0) is 0 Å². The Balaban J connectivity index is 1.22. The smallest absolute Gasteiger partial charge is 0.238 e. The maximum Gasteiger partial charge on any atom is 0.238 e. The SMILES string of the molecule is c1ccc(-c2ccc(-c3nc(-c4cccc5c4oc4c(-c6ccccc6)cccc45)nc(-n4c5ccccc5c5ccccc54)n3)cc2)cc1. The van der Waals surface area contributed by atoms with Gasteiger partial charge in [-0.3, -0.25) is 4.57 Å². The van der Waals surface area contributed by atoms with Gasteiger partial charge >= 0.3 is 0 Å². The summed E-state index contributed by atoms with van der Waals surface area (Å²) >= 11 is 0. The van der Waals surface area contributed by atoms with Gasteiger partial charge in [0.1, 0.15) is 11.2 Å². The molecule has 0 N–H and O–H groups in total. The minimum atomic E-state index is 0.546. The van der Waals surface area contributed by atoms with Crippen molar-refractivity contribution in [3.05, 3.63) is 170 Å². The largest absolute Gasteiger partial charge is 0.455 e. The van der Waals surface area contributed by atoms with Crippen molar-refractivity contribution >= 4 is 43.7 Å². The van der Waals surface area contributed by atoms with Crippen molar-refractivity contribution in [3.63, 3.8) is 0 Å². The highest BCUT2D eigenvalue weighted by Gasteiger charge is 2.21. The summed E-state index contributed by atoms with van der Waals surface area (Å²) in [4.78, 5) is 15.5. The number of benzene rings is 7. The molecule has 0 aliphatic rings. The molecule has 0 aliphatic carbocycles. The van der Waals surface area contributed by atoms with Crippen LogP contribution in [-0.4, -0.2) is 19.5 Å². The Bertz CT molecular complexity index is 2800. The second kappa shape index (κ2) is 11.4. The van der Waals surface area contributed by atoms with Crippen LogP contribution in [0.5, 0.6) is 0 Å². The Labute approximate surface area is 287 Å². The predicted molar refractivity (Wildman–Crippen MR) is 203 cm³/mol. The molecule has 0 radical (unpaired) electrons. The zero-order valence-corrected chi connectivity index (χ0v) is 26.9. The fraction of sp³-hybridized carbons (Fsp3) is 0. The molecule has 5 nitrogen and oxygen atoms in total. The van der Waals surface area contributed by atoms with Crippen LogP contribution < -0.4 is 0 Å². The number of hydrogen-bond acceptors (Lipinski definition) is 4. The van der Waals surface area contributed by atoms with E-state index in [-0.39, 0.29) is 0 Å². The maximum absolute atomic E-state index is 6.80. The first-order valence-corrected chi connectivity index (χ1v) is 16.7. The minimum absolute atomic E-state index is 0.546. The molecule has 234 valence electrons. The summed E-state index contributed by atoms with van der Waals surface area (Å²) in [6, 6.07) is 58.5. The van der Waals surface area contributed by atoms with Crippen molar-refractivity contribution in [1.82, 2.24) is 19.5 Å². The van der Waals surface area contributed by atoms with E-state index in [9.17, 15) is 0 Å². The Morgan fingerprint density at radius 2 is 0.820 bits per heavy atom. The second-order valence-corrected chi connectivity index (χ2v) is 12.4. The quantitative estimate of drug-likeness (QED) is 0.188. The predicted octanol–water partition coefficient (Wildman–Crippen LogP) is 11.5. The van der Waals surface area contributed by atoms with E-state index < -0.39 is 0 Å². The second-order valence-electron chi connectivity index (χ2n) is 12.4. The van der Waals surface area contributed by atoms with E-state index in [0.717, 1.165) is 77.1 Å². The van der Waals surface area contributed by atoms with Crippen molar-refractivity contribution in [2.45, 2.75) is 0 Å². The Morgan fingerprint density at radius 1 is 0.340 bits per heavy atom. The lowest BCUT2D eigenvalue weighted by Crippen LogP contribution is -2.06. The van der Waals surface area contributed by atoms with Gasteiger partial charge in [0.2, 0.25) is 5.95 Å². The number of para-hydroxylation sites is 4. The van der Waals surface area contributed by atoms with Crippen LogP contribution >= 0.6 is 0 Å². The van der Waals surface area contributed by atoms with Crippen LogP contribution in [0.4, 0.5) is 0 Å². The van der Waals surface area contributed by atoms with E-state index in [1.54, 1.807) is 0 Å². The van der Waals surface area contributed by atoms with Gasteiger partial charge in [-0.1, -0.05) is 152 Å². The molecular weight excluding hydrogens is 613 g/mol. The molecule has 0 saturated carbocycles. The lowest BCUT2D eigenvalue weighted by molar-refractivity contribution is 0.670. The summed E-state index contributed by atoms with van der Waals surface area (Å²) in [6.07, 6.45) is 0. The molecule has 0 spiro atoms. The van der Waals surface area contributed by atoms with Gasteiger partial charge in [0.25, 0.3) is 0 Å². The van der Waals surface area contributed by atoms with Gasteiger partial charge in [0.05, 0.1) is 16.6 Å². The molecule has 0 fully saturated rings. The number of rotatable bonds is 5. The molecule has 0 atom stereocenters. The number of nitrogens with zero attached hydrogens (tertiary/aromatic N) is 4. The fourth-order valence-corrected chi connectivity index (χ4v) is 7.14. The first-order valence-electron chi connectivity index (χ1n) is 16.7. The topological polar surface area (TPSA) is 56.7 Å². The number of fused-ring (bicyclic) bond motifs is 6. The normalized spacial score (nSPS) is 11.6. The molecule has 0 unspecified atom stereocenters. The standard InChI is InChI=1S/C45H28N4O/c1-3-13-29(14-4-1)30-25-27-32(28-26-30)43-46-44(48-45(47-43)49-39-23-9-7-17-34(39)35-18-8-10-24-40(35)49)38-22-12-21-37-36-20-11-19-33(41(36)50-42(37)38)31-15-5-2-6-16-31/h1-28H. The van der Waals surface area contributed by atoms with E-state index in [1.165, 1.54) is 0 Å². The van der Waals surface area contributed by atoms with Gasteiger partial charge < -0.3 is 4.42 Å². The summed E-state index contributed by atoms with van der Waals surface area (Å²) in [5.41, 5.74) is 9.81. The number of hydrogen-bond donors (Lipinski definition) is 0. The fourth-order valence-electron chi connectivity index (χ4n) is 7.14. The van der Waals surface area contributed by atoms with Gasteiger partial charge in [-0.25, -0.2) is 4.98 Å². The molecule has 0 bridgehead atoms. The highest BCUT2D eigenvalue weighted by Crippen LogP contribution is 2.40. The molecule has 0 saturated heterocycles. The first-order chi connectivity index (χ1) is 24.8. The molecule has 3 heterocycles. The lowest BCUT2D eigenvalue weighted by Gasteiger charge is -2.11. The third-order valence-electron chi connectivity index (χ3n) is 9.50. The zero-order chi connectivity index (χ0) is 33.0. The maximum atomic E-state index is 6.80. The molecular formula is C45H28N4O. The summed E-state index contributed by atoms with van der Waals surface area (Å²) in [5, 5.41) is 4.36. The molecule has 7 aromatic carbocycles. The van der Waals surface area contributed by atoms with E-state index in [1.807, 2.05) is 18.2 Å². The van der Waals surface area contributed by atoms with Crippen LogP contribution in [0.25, 0.3) is 94.7 Å². The third-order valence-corrected chi connectivity index (χ3v) is 9.50. The van der Waals surface area contributed by atoms with Crippen LogP contribution in [0.2, 0.25) is 0 Å². The van der Waals surface area contributed by atoms with Crippen LogP contribution in [0.1, 0.15) is 0 Å². The summed E-state index contributed by atoms with van der Waals surface area (Å²) in [7, 11) is 0. The van der Waals surface area contributed by atoms with Crippen LogP contribution in [0, 0.1) is 0 Å². The molecule has 5 heteroatoms. The third kappa shape index (κ3) is 4.52. The summed E-state index contributed by atoms with van der Waals surface area (Å²) in [5.74, 6) is 1.68. The van der Waals surface area contributed by atoms with E-state index in [4.69, 9.17) is 19.4 Å². The average molecular weight is 641 g/mol. The average Bonchev–Trinajstić information content (AvgIpc) is 3.75. The van der Waals surface area contributed by atoms with Crippen LogP contribution in [0.3, 0.4) is 0 Å². The summed E-state index contributed by atoms with van der Waals surface area (Å²) in [6.45, 7) is 0. The number of furan rings is 1. The van der Waals surface area contributed by atoms with Gasteiger partial charge in [-0.05, 0) is 34.9 Å². The molecule has 0 aliphatic heterocycles. The van der Waals surface area contributed by atoms with Gasteiger partial charge in [0, 0.05) is 32.7 Å². The minimum Gasteiger partial charge on any atom is -0.455 e. The molecule has 50 heavy (non-hydrogen) atoms. The van der Waals surface area contributed by atoms with E-state index in [2.05, 4.69) is 156 Å². The monoisotopic (exact) mass is 640 g/mol. The first kappa shape index (κ1) is 28.2. The lowest BCUT2D eigenvalue weighted by atomic mass is 10.0. The highest BCUT2D eigenvalue weighted by molar-refractivity contribution is 6.13. The van der Waals surface area contributed by atoms with Crippen molar-refractivity contribution in [2.75, 3.05) is 0 Å². The van der Waals surface area contributed by atoms with Crippen LogP contribution in [0.15, 0.2) is 174 Å². The van der Waals surface area contributed by atoms with Crippen molar-refractivity contribution in [1.29, 1.82) is 0 Å².